The first kappa shape index (κ1) is 18.9. The Morgan fingerprint density at radius 3 is 2.92 bits per heavy atom. The molecular weight excluding hydrogens is 350 g/mol. The second-order valence-corrected chi connectivity index (χ2v) is 6.93. The molecule has 6 heteroatoms. The third-order valence-corrected chi connectivity index (χ3v) is 4.68. The van der Waals surface area contributed by atoms with Crippen LogP contribution in [0, 0.1) is 0 Å². The molecule has 1 heterocycles. The maximum absolute atomic E-state index is 12.4. The van der Waals surface area contributed by atoms with Crippen LogP contribution in [-0.4, -0.2) is 50.2 Å². The molecule has 1 aliphatic heterocycles. The molecular formula is C20H24ClN3O2. The highest BCUT2D eigenvalue weighted by atomic mass is 35.5. The fourth-order valence-electron chi connectivity index (χ4n) is 2.97. The average molecular weight is 374 g/mol. The first-order valence-corrected chi connectivity index (χ1v) is 9.15. The summed E-state index contributed by atoms with van der Waals surface area (Å²) in [5.74, 6) is -0.209. The van der Waals surface area contributed by atoms with Crippen LogP contribution in [0.4, 0.5) is 5.69 Å². The maximum Gasteiger partial charge on any atom is 0.257 e. The molecule has 138 valence electrons. The van der Waals surface area contributed by atoms with Crippen molar-refractivity contribution in [2.75, 3.05) is 38.6 Å². The molecule has 2 N–H and O–H groups in total. The Bertz CT molecular complexity index is 753. The second-order valence-electron chi connectivity index (χ2n) is 6.52. The van der Waals surface area contributed by atoms with Crippen LogP contribution < -0.4 is 10.6 Å². The first-order valence-electron chi connectivity index (χ1n) is 8.77. The molecule has 0 aromatic heterocycles. The second kappa shape index (κ2) is 9.14. The van der Waals surface area contributed by atoms with Crippen molar-refractivity contribution in [3.8, 4) is 0 Å². The van der Waals surface area contributed by atoms with Crippen LogP contribution in [0.5, 0.6) is 0 Å². The molecule has 0 bridgehead atoms. The van der Waals surface area contributed by atoms with Crippen LogP contribution in [0.2, 0.25) is 5.02 Å². The third-order valence-electron chi connectivity index (χ3n) is 4.35. The van der Waals surface area contributed by atoms with E-state index in [4.69, 9.17) is 16.3 Å². The number of morpholine rings is 1. The van der Waals surface area contributed by atoms with Crippen LogP contribution in [-0.2, 0) is 11.3 Å². The van der Waals surface area contributed by atoms with Crippen molar-refractivity contribution in [2.45, 2.75) is 12.6 Å². The van der Waals surface area contributed by atoms with Crippen molar-refractivity contribution in [1.29, 1.82) is 0 Å². The Kier molecular flexibility index (Phi) is 6.63. The van der Waals surface area contributed by atoms with Gasteiger partial charge in [-0.3, -0.25) is 4.79 Å². The molecule has 2 aromatic rings. The molecule has 0 spiro atoms. The van der Waals surface area contributed by atoms with Gasteiger partial charge in [0.15, 0.2) is 0 Å². The van der Waals surface area contributed by atoms with E-state index < -0.39 is 0 Å². The zero-order valence-corrected chi connectivity index (χ0v) is 15.6. The van der Waals surface area contributed by atoms with E-state index in [-0.39, 0.29) is 12.0 Å². The monoisotopic (exact) mass is 373 g/mol. The Morgan fingerprint density at radius 2 is 2.12 bits per heavy atom. The quantitative estimate of drug-likeness (QED) is 0.817. The highest BCUT2D eigenvalue weighted by molar-refractivity contribution is 6.34. The summed E-state index contributed by atoms with van der Waals surface area (Å²) in [5, 5.41) is 6.78. The van der Waals surface area contributed by atoms with E-state index in [0.717, 1.165) is 44.0 Å². The van der Waals surface area contributed by atoms with E-state index in [1.165, 1.54) is 0 Å². The number of rotatable bonds is 6. The fourth-order valence-corrected chi connectivity index (χ4v) is 3.19. The van der Waals surface area contributed by atoms with Gasteiger partial charge < -0.3 is 20.3 Å². The van der Waals surface area contributed by atoms with Gasteiger partial charge >= 0.3 is 0 Å². The minimum atomic E-state index is -0.209. The Morgan fingerprint density at radius 1 is 1.27 bits per heavy atom. The summed E-state index contributed by atoms with van der Waals surface area (Å²) < 4.78 is 5.75. The Balaban J connectivity index is 1.53. The third kappa shape index (κ3) is 5.29. The molecule has 1 fully saturated rings. The van der Waals surface area contributed by atoms with E-state index in [1.54, 1.807) is 24.3 Å². The summed E-state index contributed by atoms with van der Waals surface area (Å²) in [6, 6.07) is 14.8. The summed E-state index contributed by atoms with van der Waals surface area (Å²) in [6.07, 6.45) is 0.219. The minimum absolute atomic E-state index is 0.209. The predicted octanol–water partition coefficient (Wildman–Crippen LogP) is 3.01. The summed E-state index contributed by atoms with van der Waals surface area (Å²) >= 11 is 6.08. The van der Waals surface area contributed by atoms with Gasteiger partial charge in [-0.05, 0) is 36.9 Å². The number of nitrogens with zero attached hydrogens (tertiary/aromatic N) is 1. The van der Waals surface area contributed by atoms with Crippen LogP contribution in [0.15, 0.2) is 48.5 Å². The van der Waals surface area contributed by atoms with Gasteiger partial charge in [-0.15, -0.1) is 0 Å². The standard InChI is InChI=1S/C20H24ClN3O2/c1-24-9-10-26-17(14-24)13-22-12-15-5-4-6-16(11-15)23-20(25)18-7-2-3-8-19(18)21/h2-8,11,17,22H,9-10,12-14H2,1H3,(H,23,25). The number of carbonyl (C=O) groups is 1. The molecule has 0 saturated carbocycles. The number of benzene rings is 2. The van der Waals surface area contributed by atoms with Crippen LogP contribution in [0.25, 0.3) is 0 Å². The highest BCUT2D eigenvalue weighted by Gasteiger charge is 2.17. The normalized spacial score (nSPS) is 17.8. The number of carbonyl (C=O) groups excluding carboxylic acids is 1. The maximum atomic E-state index is 12.4. The average Bonchev–Trinajstić information content (AvgIpc) is 2.62. The zero-order chi connectivity index (χ0) is 18.4. The fraction of sp³-hybridized carbons (Fsp3) is 0.350. The van der Waals surface area contributed by atoms with E-state index in [9.17, 15) is 4.79 Å². The van der Waals surface area contributed by atoms with E-state index >= 15 is 0 Å². The van der Waals surface area contributed by atoms with Crippen molar-refractivity contribution in [3.63, 3.8) is 0 Å². The lowest BCUT2D eigenvalue weighted by Crippen LogP contribution is -2.44. The predicted molar refractivity (Wildman–Crippen MR) is 105 cm³/mol. The molecule has 0 aliphatic carbocycles. The molecule has 2 aromatic carbocycles. The lowest BCUT2D eigenvalue weighted by atomic mass is 10.1. The summed E-state index contributed by atoms with van der Waals surface area (Å²) in [7, 11) is 2.11. The lowest BCUT2D eigenvalue weighted by Gasteiger charge is -2.30. The van der Waals surface area contributed by atoms with Crippen LogP contribution in [0.3, 0.4) is 0 Å². The number of halogens is 1. The Hall–Kier alpha value is -1.92. The number of anilines is 1. The van der Waals surface area contributed by atoms with Gasteiger partial charge in [-0.25, -0.2) is 0 Å². The van der Waals surface area contributed by atoms with Crippen molar-refractivity contribution in [3.05, 3.63) is 64.7 Å². The van der Waals surface area contributed by atoms with Crippen molar-refractivity contribution in [1.82, 2.24) is 10.2 Å². The van der Waals surface area contributed by atoms with Crippen molar-refractivity contribution >= 4 is 23.2 Å². The van der Waals surface area contributed by atoms with Gasteiger partial charge in [0.25, 0.3) is 5.91 Å². The van der Waals surface area contributed by atoms with E-state index in [2.05, 4.69) is 22.6 Å². The zero-order valence-electron chi connectivity index (χ0n) is 14.9. The number of hydrogen-bond acceptors (Lipinski definition) is 4. The molecule has 26 heavy (non-hydrogen) atoms. The van der Waals surface area contributed by atoms with Crippen LogP contribution >= 0.6 is 11.6 Å². The molecule has 0 radical (unpaired) electrons. The molecule has 5 nitrogen and oxygen atoms in total. The first-order chi connectivity index (χ1) is 12.6. The lowest BCUT2D eigenvalue weighted by molar-refractivity contribution is -0.0182. The highest BCUT2D eigenvalue weighted by Crippen LogP contribution is 2.18. The molecule has 1 atom stereocenters. The number of nitrogens with one attached hydrogen (secondary N) is 2. The smallest absolute Gasteiger partial charge is 0.257 e. The summed E-state index contributed by atoms with van der Waals surface area (Å²) in [4.78, 5) is 14.6. The molecule has 1 amide bonds. The SMILES string of the molecule is CN1CCOC(CNCc2cccc(NC(=O)c3ccccc3Cl)c2)C1. The van der Waals surface area contributed by atoms with Gasteiger partial charge in [0.1, 0.15) is 0 Å². The van der Waals surface area contributed by atoms with Crippen molar-refractivity contribution < 1.29 is 9.53 Å². The summed E-state index contributed by atoms with van der Waals surface area (Å²) in [6.45, 7) is 4.25. The number of amides is 1. The Labute approximate surface area is 159 Å². The number of likely N-dealkylation sites (N-methyl/N-ethyl adjacent to an activating group) is 1. The number of hydrogen-bond donors (Lipinski definition) is 2. The van der Waals surface area contributed by atoms with Gasteiger partial charge in [0.05, 0.1) is 23.3 Å². The topological polar surface area (TPSA) is 53.6 Å². The van der Waals surface area contributed by atoms with Crippen LogP contribution in [0.1, 0.15) is 15.9 Å². The number of ether oxygens (including phenoxy) is 1. The van der Waals surface area contributed by atoms with Gasteiger partial charge in [0, 0.05) is 31.9 Å². The largest absolute Gasteiger partial charge is 0.374 e. The van der Waals surface area contributed by atoms with Gasteiger partial charge in [-0.2, -0.15) is 0 Å². The van der Waals surface area contributed by atoms with Crippen molar-refractivity contribution in [2.24, 2.45) is 0 Å². The molecule has 1 saturated heterocycles. The van der Waals surface area contributed by atoms with Gasteiger partial charge in [-0.1, -0.05) is 35.9 Å². The summed E-state index contributed by atoms with van der Waals surface area (Å²) in [5.41, 5.74) is 2.32. The van der Waals surface area contributed by atoms with Gasteiger partial charge in [0.2, 0.25) is 0 Å². The molecule has 3 rings (SSSR count). The molecule has 1 unspecified atom stereocenters. The van der Waals surface area contributed by atoms with E-state index in [0.29, 0.717) is 10.6 Å². The minimum Gasteiger partial charge on any atom is -0.374 e. The molecule has 1 aliphatic rings. The van der Waals surface area contributed by atoms with E-state index in [1.807, 2.05) is 24.3 Å².